The molecule has 0 radical (unpaired) electrons. The minimum atomic E-state index is -1.09. The Bertz CT molecular complexity index is 68.5. The summed E-state index contributed by atoms with van der Waals surface area (Å²) in [6.07, 6.45) is 2.64. The first-order chi connectivity index (χ1) is 5.04. The summed E-state index contributed by atoms with van der Waals surface area (Å²) in [4.78, 5) is 0. The Hall–Kier alpha value is 0.709. The average molecular weight is 190 g/mol. The molecule has 0 aromatic heterocycles. The zero-order chi connectivity index (χ0) is 9.33. The fourth-order valence-electron chi connectivity index (χ4n) is 0.144. The second-order valence-corrected chi connectivity index (χ2v) is 9.18. The Morgan fingerprint density at radius 3 is 1.45 bits per heavy atom. The molecule has 0 atom stereocenters. The quantitative estimate of drug-likeness (QED) is 0.622. The molecule has 11 heavy (non-hydrogen) atoms. The summed E-state index contributed by atoms with van der Waals surface area (Å²) in [5, 5.41) is 0. The molecule has 0 saturated carbocycles. The van der Waals surface area contributed by atoms with Gasteiger partial charge in [0.15, 0.2) is 8.32 Å². The second kappa shape index (κ2) is 8.80. The fraction of sp³-hybridized carbons (Fsp3) is 1.00. The van der Waals surface area contributed by atoms with E-state index in [0.717, 1.165) is 16.6 Å². The van der Waals surface area contributed by atoms with Crippen LogP contribution in [0.4, 0.5) is 0 Å². The molecule has 0 saturated heterocycles. The number of rotatable bonds is 3. The van der Waals surface area contributed by atoms with Gasteiger partial charge in [-0.1, -0.05) is 33.6 Å². The van der Waals surface area contributed by atoms with E-state index in [0.29, 0.717) is 0 Å². The lowest BCUT2D eigenvalue weighted by molar-refractivity contribution is 0.609. The first-order valence-electron chi connectivity index (χ1n) is 4.59. The maximum absolute atomic E-state index is 5.36. The van der Waals surface area contributed by atoms with Crippen LogP contribution in [0, 0.1) is 0 Å². The fourth-order valence-corrected chi connectivity index (χ4v) is 1.30. The lowest BCUT2D eigenvalue weighted by Gasteiger charge is -2.18. The molecule has 0 spiro atoms. The molecule has 68 valence electrons. The van der Waals surface area contributed by atoms with Crippen LogP contribution in [0.3, 0.4) is 0 Å². The molecular weight excluding hydrogens is 167 g/mol. The molecule has 0 rings (SSSR count). The first-order valence-corrected chi connectivity index (χ1v) is 8.52. The van der Waals surface area contributed by atoms with Gasteiger partial charge in [0.05, 0.1) is 0 Å². The Morgan fingerprint density at radius 2 is 1.45 bits per heavy atom. The van der Waals surface area contributed by atoms with Crippen LogP contribution in [0.15, 0.2) is 0 Å². The van der Waals surface area contributed by atoms with Gasteiger partial charge in [0.2, 0.25) is 0 Å². The third kappa shape index (κ3) is 13.7. The van der Waals surface area contributed by atoms with Crippen LogP contribution >= 0.6 is 0 Å². The van der Waals surface area contributed by atoms with Crippen molar-refractivity contribution in [2.45, 2.75) is 52.8 Å². The van der Waals surface area contributed by atoms with Crippen molar-refractivity contribution in [2.24, 2.45) is 0 Å². The van der Waals surface area contributed by atoms with E-state index in [1.54, 1.807) is 0 Å². The normalized spacial score (nSPS) is 10.3. The Balaban J connectivity index is 0. The van der Waals surface area contributed by atoms with Crippen molar-refractivity contribution < 1.29 is 3.48 Å². The van der Waals surface area contributed by atoms with Gasteiger partial charge in [0.25, 0.3) is 0 Å². The van der Waals surface area contributed by atoms with Gasteiger partial charge in [-0.2, -0.15) is 0 Å². The standard InChI is InChI=1S/C4H11OSi.C4H10.Al.2H/c1-4-6(2,3)5;1-3-4-2;;;/h4H2,1-3H3;3-4H2,1-2H3;;;/q-1;;+1;;. The Morgan fingerprint density at radius 1 is 1.09 bits per heavy atom. The van der Waals surface area contributed by atoms with Crippen molar-refractivity contribution in [3.05, 3.63) is 0 Å². The summed E-state index contributed by atoms with van der Waals surface area (Å²) in [5.41, 5.74) is 0. The molecule has 0 N–H and O–H groups in total. The Labute approximate surface area is 81.4 Å². The van der Waals surface area contributed by atoms with Crippen LogP contribution in [0.1, 0.15) is 33.6 Å². The summed E-state index contributed by atoms with van der Waals surface area (Å²) in [6.45, 7) is 11.1. The highest BCUT2D eigenvalue weighted by molar-refractivity contribution is 6.73. The van der Waals surface area contributed by atoms with E-state index in [2.05, 4.69) is 33.9 Å². The van der Waals surface area contributed by atoms with Crippen molar-refractivity contribution in [1.82, 2.24) is 0 Å². The molecule has 0 amide bonds. The van der Waals surface area contributed by atoms with Crippen molar-refractivity contribution >= 4 is 24.9 Å². The van der Waals surface area contributed by atoms with Crippen LogP contribution in [0.25, 0.3) is 0 Å². The van der Waals surface area contributed by atoms with E-state index in [4.69, 9.17) is 3.48 Å². The molecule has 0 aliphatic heterocycles. The molecule has 0 aliphatic carbocycles. The van der Waals surface area contributed by atoms with Crippen LogP contribution in [-0.4, -0.2) is 24.9 Å². The van der Waals surface area contributed by atoms with Crippen LogP contribution in [-0.2, 0) is 3.48 Å². The monoisotopic (exact) mass is 190 g/mol. The molecule has 0 unspecified atom stereocenters. The predicted molar refractivity (Wildman–Crippen MR) is 58.2 cm³/mol. The van der Waals surface area contributed by atoms with Gasteiger partial charge < -0.3 is 3.48 Å². The average Bonchev–Trinajstić information content (AvgIpc) is 2.05. The summed E-state index contributed by atoms with van der Waals surface area (Å²) >= 11 is 0.919. The zero-order valence-electron chi connectivity index (χ0n) is 9.03. The summed E-state index contributed by atoms with van der Waals surface area (Å²) in [5.74, 6) is 0. The van der Waals surface area contributed by atoms with E-state index >= 15 is 0 Å². The minimum absolute atomic E-state index is 0.919. The SMILES string of the molecule is CCCC.CC[Si](C)(C)[O][AlH2]. The summed E-state index contributed by atoms with van der Waals surface area (Å²) < 4.78 is 5.36. The maximum atomic E-state index is 5.36. The lowest BCUT2D eigenvalue weighted by Crippen LogP contribution is -2.27. The van der Waals surface area contributed by atoms with E-state index in [-0.39, 0.29) is 0 Å². The van der Waals surface area contributed by atoms with Crippen LogP contribution < -0.4 is 0 Å². The van der Waals surface area contributed by atoms with Crippen molar-refractivity contribution in [2.75, 3.05) is 0 Å². The lowest BCUT2D eigenvalue weighted by atomic mass is 10.4. The zero-order valence-corrected chi connectivity index (χ0v) is 12.0. The van der Waals surface area contributed by atoms with Crippen molar-refractivity contribution in [1.29, 1.82) is 0 Å². The van der Waals surface area contributed by atoms with Gasteiger partial charge >= 0.3 is 16.6 Å². The van der Waals surface area contributed by atoms with Crippen LogP contribution in [0.5, 0.6) is 0 Å². The third-order valence-corrected chi connectivity index (χ3v) is 8.03. The molecule has 0 fully saturated rings. The van der Waals surface area contributed by atoms with E-state index < -0.39 is 8.32 Å². The van der Waals surface area contributed by atoms with Gasteiger partial charge in [-0.05, 0) is 19.1 Å². The number of hydrogen-bond donors (Lipinski definition) is 0. The van der Waals surface area contributed by atoms with Crippen LogP contribution in [0.2, 0.25) is 19.1 Å². The summed E-state index contributed by atoms with van der Waals surface area (Å²) in [7, 11) is -1.09. The van der Waals surface area contributed by atoms with Gasteiger partial charge in [-0.3, -0.25) is 0 Å². The van der Waals surface area contributed by atoms with Gasteiger partial charge in [-0.15, -0.1) is 0 Å². The van der Waals surface area contributed by atoms with E-state index in [1.165, 1.54) is 18.9 Å². The third-order valence-electron chi connectivity index (χ3n) is 1.90. The molecular formula is C8H23AlOSi. The molecule has 0 aliphatic rings. The molecule has 0 aromatic carbocycles. The van der Waals surface area contributed by atoms with Gasteiger partial charge in [0, 0.05) is 0 Å². The number of unbranched alkanes of at least 4 members (excludes halogenated alkanes) is 1. The van der Waals surface area contributed by atoms with Gasteiger partial charge in [0.1, 0.15) is 0 Å². The summed E-state index contributed by atoms with van der Waals surface area (Å²) in [6, 6.07) is 1.25. The molecule has 3 heteroatoms. The van der Waals surface area contributed by atoms with Crippen molar-refractivity contribution in [3.63, 3.8) is 0 Å². The predicted octanol–water partition coefficient (Wildman–Crippen LogP) is 2.58. The van der Waals surface area contributed by atoms with Gasteiger partial charge in [-0.25, -0.2) is 0 Å². The highest BCUT2D eigenvalue weighted by atomic mass is 28.4. The van der Waals surface area contributed by atoms with Crippen molar-refractivity contribution in [3.8, 4) is 0 Å². The highest BCUT2D eigenvalue weighted by Crippen LogP contribution is 2.06. The molecule has 1 nitrogen and oxygen atoms in total. The molecule has 0 aromatic rings. The van der Waals surface area contributed by atoms with E-state index in [1.807, 2.05) is 0 Å². The highest BCUT2D eigenvalue weighted by Gasteiger charge is 2.13. The maximum Gasteiger partial charge on any atom is 0.399 e. The Kier molecular flexibility index (Phi) is 11.4. The number of hydrogen-bond acceptors (Lipinski definition) is 1. The topological polar surface area (TPSA) is 9.23 Å². The minimum Gasteiger partial charge on any atom is -0.551 e. The molecule has 0 bridgehead atoms. The largest absolute Gasteiger partial charge is 0.551 e. The molecule has 0 heterocycles. The smallest absolute Gasteiger partial charge is 0.399 e. The first kappa shape index (κ1) is 14.2. The second-order valence-electron chi connectivity index (χ2n) is 3.32. The van der Waals surface area contributed by atoms with E-state index in [9.17, 15) is 0 Å².